The Morgan fingerprint density at radius 1 is 1.08 bits per heavy atom. The van der Waals surface area contributed by atoms with Gasteiger partial charge in [0, 0.05) is 39.3 Å². The third-order valence-electron chi connectivity index (χ3n) is 5.81. The molecule has 6 nitrogen and oxygen atoms in total. The second-order valence-corrected chi connectivity index (χ2v) is 7.34. The van der Waals surface area contributed by atoms with Crippen molar-refractivity contribution in [2.24, 2.45) is 5.92 Å². The minimum absolute atomic E-state index is 0.198. The van der Waals surface area contributed by atoms with E-state index in [4.69, 9.17) is 9.47 Å². The van der Waals surface area contributed by atoms with Crippen molar-refractivity contribution in [3.63, 3.8) is 0 Å². The molecule has 0 N–H and O–H groups in total. The number of nitrogens with zero attached hydrogens (tertiary/aromatic N) is 3. The fraction of sp³-hybridized carbons (Fsp3) is 0.944. The predicted molar refractivity (Wildman–Crippen MR) is 93.0 cm³/mol. The molecule has 0 aromatic rings. The fourth-order valence-corrected chi connectivity index (χ4v) is 4.31. The lowest BCUT2D eigenvalue weighted by atomic mass is 9.92. The monoisotopic (exact) mass is 339 g/mol. The van der Waals surface area contributed by atoms with Crippen LogP contribution in [0.4, 0.5) is 0 Å². The maximum atomic E-state index is 12.8. The maximum absolute atomic E-state index is 12.8. The molecule has 138 valence electrons. The van der Waals surface area contributed by atoms with Gasteiger partial charge in [-0.3, -0.25) is 9.69 Å². The Labute approximate surface area is 146 Å². The van der Waals surface area contributed by atoms with Crippen molar-refractivity contribution in [2.45, 2.75) is 31.7 Å². The van der Waals surface area contributed by atoms with Crippen molar-refractivity contribution in [3.05, 3.63) is 0 Å². The van der Waals surface area contributed by atoms with Crippen molar-refractivity contribution in [1.82, 2.24) is 14.7 Å². The SMILES string of the molecule is COCCN1CCC(N2CCC[C@@H](C(=O)N3CCOCC3)C2)CC1. The molecule has 0 unspecified atom stereocenters. The van der Waals surface area contributed by atoms with Crippen molar-refractivity contribution in [3.8, 4) is 0 Å². The van der Waals surface area contributed by atoms with Gasteiger partial charge < -0.3 is 19.3 Å². The van der Waals surface area contributed by atoms with Crippen LogP contribution in [-0.2, 0) is 14.3 Å². The summed E-state index contributed by atoms with van der Waals surface area (Å²) < 4.78 is 10.6. The number of morpholine rings is 1. The number of ether oxygens (including phenoxy) is 2. The lowest BCUT2D eigenvalue weighted by Gasteiger charge is -2.43. The summed E-state index contributed by atoms with van der Waals surface area (Å²) in [5.41, 5.74) is 0. The van der Waals surface area contributed by atoms with Crippen LogP contribution in [0, 0.1) is 5.92 Å². The topological polar surface area (TPSA) is 45.2 Å². The zero-order valence-electron chi connectivity index (χ0n) is 15.1. The second-order valence-electron chi connectivity index (χ2n) is 7.34. The van der Waals surface area contributed by atoms with Crippen molar-refractivity contribution >= 4 is 5.91 Å². The van der Waals surface area contributed by atoms with Gasteiger partial charge in [0.15, 0.2) is 0 Å². The average molecular weight is 339 g/mol. The molecular weight excluding hydrogens is 306 g/mol. The Bertz CT molecular complexity index is 393. The number of hydrogen-bond donors (Lipinski definition) is 0. The Morgan fingerprint density at radius 2 is 1.83 bits per heavy atom. The standard InChI is InChI=1S/C18H33N3O3/c1-23-12-9-19-7-4-17(5-8-19)21-6-2-3-16(15-21)18(22)20-10-13-24-14-11-20/h16-17H,2-15H2,1H3/t16-/m1/s1. The molecule has 3 fully saturated rings. The molecule has 3 aliphatic heterocycles. The Kier molecular flexibility index (Phi) is 6.89. The van der Waals surface area contributed by atoms with E-state index in [1.54, 1.807) is 7.11 Å². The summed E-state index contributed by atoms with van der Waals surface area (Å²) in [7, 11) is 1.77. The highest BCUT2D eigenvalue weighted by atomic mass is 16.5. The summed E-state index contributed by atoms with van der Waals surface area (Å²) in [6.07, 6.45) is 4.66. The van der Waals surface area contributed by atoms with E-state index in [1.165, 1.54) is 12.8 Å². The van der Waals surface area contributed by atoms with Gasteiger partial charge in [0.1, 0.15) is 0 Å². The number of likely N-dealkylation sites (tertiary alicyclic amines) is 2. The lowest BCUT2D eigenvalue weighted by Crippen LogP contribution is -2.52. The number of hydrogen-bond acceptors (Lipinski definition) is 5. The van der Waals surface area contributed by atoms with Crippen LogP contribution in [0.5, 0.6) is 0 Å². The number of rotatable bonds is 5. The molecule has 1 amide bonds. The van der Waals surface area contributed by atoms with Crippen LogP contribution in [-0.4, -0.2) is 99.4 Å². The van der Waals surface area contributed by atoms with Crippen molar-refractivity contribution in [2.75, 3.05) is 72.7 Å². The summed E-state index contributed by atoms with van der Waals surface area (Å²) in [6, 6.07) is 0.657. The molecule has 0 aromatic carbocycles. The van der Waals surface area contributed by atoms with E-state index in [0.717, 1.165) is 65.3 Å². The van der Waals surface area contributed by atoms with E-state index in [2.05, 4.69) is 9.80 Å². The molecule has 24 heavy (non-hydrogen) atoms. The van der Waals surface area contributed by atoms with Gasteiger partial charge in [0.2, 0.25) is 5.91 Å². The van der Waals surface area contributed by atoms with Gasteiger partial charge in [0.05, 0.1) is 25.7 Å². The number of piperidine rings is 2. The van der Waals surface area contributed by atoms with E-state index >= 15 is 0 Å². The first-order chi connectivity index (χ1) is 11.8. The largest absolute Gasteiger partial charge is 0.383 e. The molecule has 0 aliphatic carbocycles. The van der Waals surface area contributed by atoms with Gasteiger partial charge in [-0.1, -0.05) is 0 Å². The summed E-state index contributed by atoms with van der Waals surface area (Å²) in [6.45, 7) is 9.24. The second kappa shape index (κ2) is 9.13. The minimum atomic E-state index is 0.198. The molecule has 3 saturated heterocycles. The van der Waals surface area contributed by atoms with Crippen LogP contribution in [0.2, 0.25) is 0 Å². The van der Waals surface area contributed by atoms with Crippen molar-refractivity contribution in [1.29, 1.82) is 0 Å². The Morgan fingerprint density at radius 3 is 2.54 bits per heavy atom. The van der Waals surface area contributed by atoms with Crippen LogP contribution in [0.25, 0.3) is 0 Å². The first-order valence-corrected chi connectivity index (χ1v) is 9.60. The molecule has 0 radical (unpaired) electrons. The zero-order valence-corrected chi connectivity index (χ0v) is 15.1. The molecule has 0 aromatic heterocycles. The molecule has 1 atom stereocenters. The highest BCUT2D eigenvalue weighted by molar-refractivity contribution is 5.79. The van der Waals surface area contributed by atoms with Gasteiger partial charge in [-0.15, -0.1) is 0 Å². The summed E-state index contributed by atoms with van der Waals surface area (Å²) in [5, 5.41) is 0. The smallest absolute Gasteiger partial charge is 0.227 e. The van der Waals surface area contributed by atoms with Gasteiger partial charge in [-0.2, -0.15) is 0 Å². The van der Waals surface area contributed by atoms with Gasteiger partial charge in [-0.05, 0) is 45.3 Å². The zero-order chi connectivity index (χ0) is 16.8. The highest BCUT2D eigenvalue weighted by Crippen LogP contribution is 2.25. The van der Waals surface area contributed by atoms with Crippen LogP contribution >= 0.6 is 0 Å². The third kappa shape index (κ3) is 4.69. The van der Waals surface area contributed by atoms with Crippen LogP contribution in [0.1, 0.15) is 25.7 Å². The first-order valence-electron chi connectivity index (χ1n) is 9.60. The number of amides is 1. The Balaban J connectivity index is 1.46. The molecule has 0 bridgehead atoms. The predicted octanol–water partition coefficient (Wildman–Crippen LogP) is 0.668. The normalized spacial score (nSPS) is 28.2. The van der Waals surface area contributed by atoms with E-state index in [9.17, 15) is 4.79 Å². The molecule has 3 rings (SSSR count). The number of carbonyl (C=O) groups is 1. The lowest BCUT2D eigenvalue weighted by molar-refractivity contribution is -0.142. The molecule has 0 spiro atoms. The van der Waals surface area contributed by atoms with Crippen LogP contribution in [0.3, 0.4) is 0 Å². The van der Waals surface area contributed by atoms with Gasteiger partial charge in [0.25, 0.3) is 0 Å². The quantitative estimate of drug-likeness (QED) is 0.737. The highest BCUT2D eigenvalue weighted by Gasteiger charge is 2.33. The Hall–Kier alpha value is -0.690. The van der Waals surface area contributed by atoms with E-state index in [0.29, 0.717) is 25.2 Å². The summed E-state index contributed by atoms with van der Waals surface area (Å²) >= 11 is 0. The summed E-state index contributed by atoms with van der Waals surface area (Å²) in [5.74, 6) is 0.559. The molecule has 3 aliphatic rings. The van der Waals surface area contributed by atoms with Crippen LogP contribution < -0.4 is 0 Å². The van der Waals surface area contributed by atoms with E-state index in [-0.39, 0.29) is 5.92 Å². The molecule has 6 heteroatoms. The van der Waals surface area contributed by atoms with Crippen LogP contribution in [0.15, 0.2) is 0 Å². The fourth-order valence-electron chi connectivity index (χ4n) is 4.31. The average Bonchev–Trinajstić information content (AvgIpc) is 2.67. The first kappa shape index (κ1) is 18.1. The van der Waals surface area contributed by atoms with Gasteiger partial charge >= 0.3 is 0 Å². The third-order valence-corrected chi connectivity index (χ3v) is 5.81. The van der Waals surface area contributed by atoms with Crippen molar-refractivity contribution < 1.29 is 14.3 Å². The number of carbonyl (C=O) groups excluding carboxylic acids is 1. The maximum Gasteiger partial charge on any atom is 0.227 e. The molecule has 0 saturated carbocycles. The number of methoxy groups -OCH3 is 1. The minimum Gasteiger partial charge on any atom is -0.383 e. The molecule has 3 heterocycles. The van der Waals surface area contributed by atoms with E-state index in [1.807, 2.05) is 4.90 Å². The molecular formula is C18H33N3O3. The van der Waals surface area contributed by atoms with E-state index < -0.39 is 0 Å². The van der Waals surface area contributed by atoms with Gasteiger partial charge in [-0.25, -0.2) is 0 Å². The summed E-state index contributed by atoms with van der Waals surface area (Å²) in [4.78, 5) is 19.9.